The highest BCUT2D eigenvalue weighted by Gasteiger charge is 2.17. The van der Waals surface area contributed by atoms with Crippen molar-refractivity contribution in [2.24, 2.45) is 0 Å². The first-order valence-electron chi connectivity index (χ1n) is 12.9. The summed E-state index contributed by atoms with van der Waals surface area (Å²) in [5.41, 5.74) is 7.30. The first-order chi connectivity index (χ1) is 17.7. The molecule has 3 heterocycles. The molecular weight excluding hydrogens is 448 g/mol. The quantitative estimate of drug-likeness (QED) is 0.312. The SMILES string of the molecule is CCCN1CCN(c2ccc3nc(-c4ccc5nc(-c6ccc(OCC)cc6)[nH]c5c4)[nH]c3c2)CC1. The first-order valence-corrected chi connectivity index (χ1v) is 12.9. The van der Waals surface area contributed by atoms with Crippen molar-refractivity contribution in [3.05, 3.63) is 60.7 Å². The lowest BCUT2D eigenvalue weighted by atomic mass is 10.2. The molecule has 0 radical (unpaired) electrons. The molecule has 0 spiro atoms. The van der Waals surface area contributed by atoms with E-state index in [1.165, 1.54) is 18.7 Å². The van der Waals surface area contributed by atoms with Crippen molar-refractivity contribution < 1.29 is 4.74 Å². The van der Waals surface area contributed by atoms with Crippen LogP contribution in [0.15, 0.2) is 60.7 Å². The Labute approximate surface area is 211 Å². The zero-order valence-corrected chi connectivity index (χ0v) is 20.9. The van der Waals surface area contributed by atoms with Crippen LogP contribution >= 0.6 is 0 Å². The Morgan fingerprint density at radius 2 is 1.39 bits per heavy atom. The Morgan fingerprint density at radius 1 is 0.750 bits per heavy atom. The molecule has 0 amide bonds. The average molecular weight is 481 g/mol. The van der Waals surface area contributed by atoms with Gasteiger partial charge in [-0.25, -0.2) is 9.97 Å². The predicted octanol–water partition coefficient (Wildman–Crippen LogP) is 5.70. The minimum atomic E-state index is 0.659. The summed E-state index contributed by atoms with van der Waals surface area (Å²) in [5.74, 6) is 2.58. The second-order valence-electron chi connectivity index (χ2n) is 9.39. The maximum atomic E-state index is 5.55. The van der Waals surface area contributed by atoms with Gasteiger partial charge in [-0.15, -0.1) is 0 Å². The Hall–Kier alpha value is -3.84. The molecule has 0 bridgehead atoms. The van der Waals surface area contributed by atoms with Gasteiger partial charge in [0.05, 0.1) is 28.7 Å². The van der Waals surface area contributed by atoms with Crippen molar-refractivity contribution in [2.45, 2.75) is 20.3 Å². The summed E-state index contributed by atoms with van der Waals surface area (Å²) >= 11 is 0. The van der Waals surface area contributed by atoms with E-state index in [9.17, 15) is 0 Å². The fraction of sp³-hybridized carbons (Fsp3) is 0.310. The Morgan fingerprint density at radius 3 is 2.08 bits per heavy atom. The van der Waals surface area contributed by atoms with Gasteiger partial charge in [-0.3, -0.25) is 4.90 Å². The Balaban J connectivity index is 1.24. The van der Waals surface area contributed by atoms with Crippen LogP contribution in [0.1, 0.15) is 20.3 Å². The number of nitrogens with one attached hydrogen (secondary N) is 2. The molecule has 1 saturated heterocycles. The van der Waals surface area contributed by atoms with Gasteiger partial charge < -0.3 is 19.6 Å². The van der Waals surface area contributed by atoms with Crippen LogP contribution in [0.5, 0.6) is 5.75 Å². The van der Waals surface area contributed by atoms with Crippen LogP contribution in [0.2, 0.25) is 0 Å². The van der Waals surface area contributed by atoms with Gasteiger partial charge in [0.15, 0.2) is 0 Å². The highest BCUT2D eigenvalue weighted by molar-refractivity contribution is 5.87. The van der Waals surface area contributed by atoms with Gasteiger partial charge in [-0.05, 0) is 80.6 Å². The van der Waals surface area contributed by atoms with Crippen molar-refractivity contribution in [1.82, 2.24) is 24.8 Å². The highest BCUT2D eigenvalue weighted by atomic mass is 16.5. The summed E-state index contributed by atoms with van der Waals surface area (Å²) < 4.78 is 5.55. The van der Waals surface area contributed by atoms with Crippen molar-refractivity contribution in [3.63, 3.8) is 0 Å². The number of nitrogens with zero attached hydrogens (tertiary/aromatic N) is 4. The fourth-order valence-electron chi connectivity index (χ4n) is 5.05. The second-order valence-corrected chi connectivity index (χ2v) is 9.39. The lowest BCUT2D eigenvalue weighted by molar-refractivity contribution is 0.258. The zero-order valence-electron chi connectivity index (χ0n) is 20.9. The number of aromatic nitrogens is 4. The van der Waals surface area contributed by atoms with Crippen LogP contribution in [0.3, 0.4) is 0 Å². The van der Waals surface area contributed by atoms with Gasteiger partial charge >= 0.3 is 0 Å². The molecule has 0 saturated carbocycles. The van der Waals surface area contributed by atoms with Crippen molar-refractivity contribution in [3.8, 4) is 28.5 Å². The monoisotopic (exact) mass is 480 g/mol. The molecule has 1 fully saturated rings. The van der Waals surface area contributed by atoms with E-state index in [-0.39, 0.29) is 0 Å². The summed E-state index contributed by atoms with van der Waals surface area (Å²) in [5, 5.41) is 0. The number of piperazine rings is 1. The molecule has 1 aliphatic heterocycles. The molecule has 6 rings (SSSR count). The average Bonchev–Trinajstić information content (AvgIpc) is 3.53. The normalized spacial score (nSPS) is 14.7. The number of hydrogen-bond acceptors (Lipinski definition) is 5. The third-order valence-corrected chi connectivity index (χ3v) is 6.94. The van der Waals surface area contributed by atoms with E-state index in [2.05, 4.69) is 57.0 Å². The standard InChI is InChI=1S/C29H32N6O/c1-3-13-34-14-16-35(17-15-34)22-8-12-25-27(19-22)33-29(31-25)21-7-11-24-26(18-21)32-28(30-24)20-5-9-23(10-6-20)36-4-2/h5-12,18-19H,3-4,13-17H2,1-2H3,(H,30,32)(H,31,33). The molecule has 184 valence electrons. The molecule has 7 heteroatoms. The van der Waals surface area contributed by atoms with Crippen LogP contribution in [0, 0.1) is 0 Å². The molecule has 36 heavy (non-hydrogen) atoms. The van der Waals surface area contributed by atoms with E-state index < -0.39 is 0 Å². The highest BCUT2D eigenvalue weighted by Crippen LogP contribution is 2.29. The molecule has 2 N–H and O–H groups in total. The van der Waals surface area contributed by atoms with E-state index >= 15 is 0 Å². The van der Waals surface area contributed by atoms with Gasteiger partial charge in [0.1, 0.15) is 17.4 Å². The minimum Gasteiger partial charge on any atom is -0.494 e. The predicted molar refractivity (Wildman–Crippen MR) is 147 cm³/mol. The van der Waals surface area contributed by atoms with Gasteiger partial charge in [0, 0.05) is 43.0 Å². The largest absolute Gasteiger partial charge is 0.494 e. The minimum absolute atomic E-state index is 0.659. The Kier molecular flexibility index (Phi) is 6.07. The number of hydrogen-bond donors (Lipinski definition) is 2. The van der Waals surface area contributed by atoms with Crippen molar-refractivity contribution in [1.29, 1.82) is 0 Å². The zero-order chi connectivity index (χ0) is 24.5. The summed E-state index contributed by atoms with van der Waals surface area (Å²) in [6.07, 6.45) is 1.22. The van der Waals surface area contributed by atoms with Crippen LogP contribution in [0.4, 0.5) is 5.69 Å². The topological polar surface area (TPSA) is 73.1 Å². The second kappa shape index (κ2) is 9.66. The van der Waals surface area contributed by atoms with E-state index in [1.54, 1.807) is 0 Å². The van der Waals surface area contributed by atoms with Gasteiger partial charge in [0.2, 0.25) is 0 Å². The first kappa shape index (κ1) is 22.6. The number of imidazole rings is 2. The number of aromatic amines is 2. The molecule has 0 aliphatic carbocycles. The Bertz CT molecular complexity index is 1480. The molecule has 5 aromatic rings. The molecule has 0 atom stereocenters. The number of benzene rings is 3. The van der Waals surface area contributed by atoms with Crippen LogP contribution in [-0.4, -0.2) is 64.2 Å². The fourth-order valence-corrected chi connectivity index (χ4v) is 5.05. The van der Waals surface area contributed by atoms with Crippen molar-refractivity contribution >= 4 is 27.8 Å². The molecule has 7 nitrogen and oxygen atoms in total. The van der Waals surface area contributed by atoms with E-state index in [1.807, 2.05) is 37.3 Å². The number of fused-ring (bicyclic) bond motifs is 2. The van der Waals surface area contributed by atoms with E-state index in [0.29, 0.717) is 6.61 Å². The summed E-state index contributed by atoms with van der Waals surface area (Å²) in [6.45, 7) is 10.5. The maximum Gasteiger partial charge on any atom is 0.138 e. The van der Waals surface area contributed by atoms with Crippen LogP contribution in [0.25, 0.3) is 44.8 Å². The summed E-state index contributed by atoms with van der Waals surface area (Å²) in [7, 11) is 0. The molecule has 3 aromatic carbocycles. The molecular formula is C29H32N6O. The third-order valence-electron chi connectivity index (χ3n) is 6.94. The number of rotatable bonds is 7. The maximum absolute atomic E-state index is 5.55. The summed E-state index contributed by atoms with van der Waals surface area (Å²) in [6, 6.07) is 20.8. The van der Waals surface area contributed by atoms with E-state index in [4.69, 9.17) is 14.7 Å². The number of H-pyrrole nitrogens is 2. The number of ether oxygens (including phenoxy) is 1. The molecule has 2 aromatic heterocycles. The van der Waals surface area contributed by atoms with E-state index in [0.717, 1.165) is 76.8 Å². The lowest BCUT2D eigenvalue weighted by Gasteiger charge is -2.36. The molecule has 0 unspecified atom stereocenters. The molecule has 1 aliphatic rings. The lowest BCUT2D eigenvalue weighted by Crippen LogP contribution is -2.46. The van der Waals surface area contributed by atoms with Crippen LogP contribution < -0.4 is 9.64 Å². The van der Waals surface area contributed by atoms with Gasteiger partial charge in [-0.2, -0.15) is 0 Å². The smallest absolute Gasteiger partial charge is 0.138 e. The van der Waals surface area contributed by atoms with Crippen LogP contribution in [-0.2, 0) is 0 Å². The van der Waals surface area contributed by atoms with Gasteiger partial charge in [0.25, 0.3) is 0 Å². The number of anilines is 1. The van der Waals surface area contributed by atoms with Crippen molar-refractivity contribution in [2.75, 3.05) is 44.2 Å². The van der Waals surface area contributed by atoms with Gasteiger partial charge in [-0.1, -0.05) is 6.92 Å². The summed E-state index contributed by atoms with van der Waals surface area (Å²) in [4.78, 5) is 21.7. The third kappa shape index (κ3) is 4.42.